The molecule has 6 atom stereocenters. The highest BCUT2D eigenvalue weighted by Gasteiger charge is 2.45. The van der Waals surface area contributed by atoms with Crippen molar-refractivity contribution in [2.75, 3.05) is 19.5 Å². The Morgan fingerprint density at radius 2 is 1.12 bits per heavy atom. The molecule has 526 valence electrons. The highest BCUT2D eigenvalue weighted by molar-refractivity contribution is 6.30. The van der Waals surface area contributed by atoms with Gasteiger partial charge >= 0.3 is 5.97 Å². The lowest BCUT2D eigenvalue weighted by atomic mass is 9.75. The minimum atomic E-state index is -0.522. The van der Waals surface area contributed by atoms with Gasteiger partial charge in [-0.25, -0.2) is 19.2 Å². The standard InChI is InChI=1S/C16H19NO2.C15H19NO4.C14H17ClFN3.C8H17N.2C8H16O.C6H13NO2/c1-10(2)14(11-6-5-7-11)17-15(18)12-8-3-4-9-13(12)16(17)19;1-10(2)14(11-4-3-5-11)20-15(17)12-6-8-13(9-7-12)16(18)19;1-8(2)12(9-4-3-5-9)18-14-11(16)6-10(7-17)13(15)19-14;3*1-6(2)8(9)7-4-3-5-7;1-5(2)6(8)7(3)9-4/h3-4,8-11,14H,5-7H2,1-2H3;6-11,14H,3-5H2,1-2H3;6,8-9,12H,3-5H2,1-2H3,(H,18,19);6-8H,3-5,9H2,1-2H3;2*6-9H,3-5H2,1-2H3;5H,1-4H3/t14-;;12-;8-;;;/m0.00.../s1. The van der Waals surface area contributed by atoms with Gasteiger partial charge in [-0.15, -0.1) is 0 Å². The molecule has 3 amide bonds. The molecule has 0 radical (unpaired) electrons. The quantitative estimate of drug-likeness (QED) is 0.0270. The average molecular weight is 1330 g/mol. The van der Waals surface area contributed by atoms with Gasteiger partial charge in [-0.1, -0.05) is 159 Å². The number of nitro benzene ring substituents is 1. The molecular formula is C75H117ClFN7O10. The summed E-state index contributed by atoms with van der Waals surface area (Å²) in [4.78, 5) is 68.2. The molecule has 1 aromatic heterocycles. The van der Waals surface area contributed by atoms with Crippen molar-refractivity contribution in [2.24, 2.45) is 82.7 Å². The summed E-state index contributed by atoms with van der Waals surface area (Å²) in [6, 6.07) is 16.4. The van der Waals surface area contributed by atoms with E-state index in [0.717, 1.165) is 37.7 Å². The summed E-state index contributed by atoms with van der Waals surface area (Å²) in [5, 5.41) is 42.7. The van der Waals surface area contributed by atoms with Crippen LogP contribution in [0, 0.1) is 104 Å². The first kappa shape index (κ1) is 80.9. The van der Waals surface area contributed by atoms with E-state index in [0.29, 0.717) is 81.9 Å². The van der Waals surface area contributed by atoms with Crippen LogP contribution in [0.4, 0.5) is 15.9 Å². The number of nitrogens with zero attached hydrogens (tertiary/aromatic N) is 5. The first-order chi connectivity index (χ1) is 44.4. The summed E-state index contributed by atoms with van der Waals surface area (Å²) in [6.07, 6.45) is 22.2. The second-order valence-corrected chi connectivity index (χ2v) is 29.8. The number of aromatic nitrogens is 1. The van der Waals surface area contributed by atoms with E-state index in [1.165, 1.54) is 131 Å². The number of fused-ring (bicyclic) bond motifs is 1. The van der Waals surface area contributed by atoms with Gasteiger partial charge in [0.2, 0.25) is 5.91 Å². The zero-order chi connectivity index (χ0) is 70.3. The summed E-state index contributed by atoms with van der Waals surface area (Å²) < 4.78 is 19.5. The van der Waals surface area contributed by atoms with Crippen LogP contribution in [0.1, 0.15) is 249 Å². The number of pyridine rings is 1. The number of hydroxylamine groups is 2. The van der Waals surface area contributed by atoms with Crippen molar-refractivity contribution in [1.82, 2.24) is 14.9 Å². The van der Waals surface area contributed by atoms with Crippen molar-refractivity contribution < 1.29 is 48.3 Å². The average Bonchev–Trinajstić information content (AvgIpc) is 1.60. The molecule has 6 fully saturated rings. The van der Waals surface area contributed by atoms with E-state index in [1.807, 2.05) is 45.9 Å². The normalized spacial score (nSPS) is 18.9. The zero-order valence-corrected chi connectivity index (χ0v) is 60.4. The maximum Gasteiger partial charge on any atom is 0.338 e. The molecule has 10 rings (SSSR count). The number of hydrogen-bond acceptors (Lipinski definition) is 14. The number of aliphatic hydroxyl groups excluding tert-OH is 2. The van der Waals surface area contributed by atoms with E-state index in [-0.39, 0.29) is 82.2 Å². The molecule has 0 saturated heterocycles. The number of nitrogens with one attached hydrogen (secondary N) is 1. The molecule has 94 heavy (non-hydrogen) atoms. The number of anilines is 1. The molecule has 7 aliphatic rings. The van der Waals surface area contributed by atoms with Crippen LogP contribution in [0.2, 0.25) is 5.15 Å². The summed E-state index contributed by atoms with van der Waals surface area (Å²) in [7, 11) is 3.07. The van der Waals surface area contributed by atoms with E-state index < -0.39 is 16.7 Å². The van der Waals surface area contributed by atoms with Gasteiger partial charge < -0.3 is 26.0 Å². The van der Waals surface area contributed by atoms with Gasteiger partial charge in [-0.3, -0.25) is 34.2 Å². The number of imide groups is 1. The number of halogens is 2. The molecule has 19 heteroatoms. The molecule has 2 heterocycles. The van der Waals surface area contributed by atoms with Crippen LogP contribution in [0.3, 0.4) is 0 Å². The van der Waals surface area contributed by atoms with Crippen LogP contribution in [-0.2, 0) is 14.4 Å². The van der Waals surface area contributed by atoms with E-state index in [4.69, 9.17) is 27.3 Å². The SMILES string of the molecule is CC(C)C(O)C1CCC1.CC(C)C(O)C1CCC1.CC(C)C(OC(=O)c1ccc([N+](=O)[O-])cc1)C1CCC1.CC(C)[C@@H](C1CCC1)N1C(=O)c2ccccc2C1=O.CC(C)[C@H](N)C1CCC1.CC(C)[C@H](Nc1nc(Cl)c(C#N)cc1F)C1CCC1.CON(C)C(=O)C(C)C. The van der Waals surface area contributed by atoms with E-state index in [1.54, 1.807) is 19.2 Å². The Morgan fingerprint density at radius 1 is 0.681 bits per heavy atom. The first-order valence-corrected chi connectivity index (χ1v) is 35.6. The molecule has 3 aromatic rings. The Labute approximate surface area is 567 Å². The lowest BCUT2D eigenvalue weighted by Crippen LogP contribution is -2.49. The van der Waals surface area contributed by atoms with Crippen molar-refractivity contribution in [1.29, 1.82) is 5.26 Å². The summed E-state index contributed by atoms with van der Waals surface area (Å²) in [5.74, 6) is 5.21. The van der Waals surface area contributed by atoms with Gasteiger partial charge in [-0.05, 0) is 178 Å². The molecule has 3 unspecified atom stereocenters. The van der Waals surface area contributed by atoms with Crippen molar-refractivity contribution in [3.05, 3.63) is 97.9 Å². The highest BCUT2D eigenvalue weighted by Crippen LogP contribution is 2.41. The third kappa shape index (κ3) is 23.6. The van der Waals surface area contributed by atoms with E-state index in [2.05, 4.69) is 84.4 Å². The third-order valence-electron chi connectivity index (χ3n) is 20.2. The number of carbonyl (C=O) groups is 4. The fraction of sp³-hybridized carbons (Fsp3) is 0.707. The fourth-order valence-electron chi connectivity index (χ4n) is 12.7. The molecule has 0 spiro atoms. The number of aliphatic hydroxyl groups is 2. The van der Waals surface area contributed by atoms with Gasteiger partial charge in [0.1, 0.15) is 17.3 Å². The van der Waals surface area contributed by atoms with E-state index >= 15 is 0 Å². The van der Waals surface area contributed by atoms with Crippen molar-refractivity contribution in [3.63, 3.8) is 0 Å². The summed E-state index contributed by atoms with van der Waals surface area (Å²) in [6.45, 7) is 29.0. The zero-order valence-electron chi connectivity index (χ0n) is 59.6. The molecule has 6 aliphatic carbocycles. The maximum atomic E-state index is 13.9. The number of nitro groups is 1. The van der Waals surface area contributed by atoms with Gasteiger partial charge in [0.05, 0.1) is 46.5 Å². The second-order valence-electron chi connectivity index (χ2n) is 29.5. The first-order valence-electron chi connectivity index (χ1n) is 35.2. The number of nitriles is 1. The lowest BCUT2D eigenvalue weighted by molar-refractivity contribution is -0.384. The lowest BCUT2D eigenvalue weighted by Gasteiger charge is -2.40. The fourth-order valence-corrected chi connectivity index (χ4v) is 12.9. The predicted molar refractivity (Wildman–Crippen MR) is 372 cm³/mol. The van der Waals surface area contributed by atoms with Crippen LogP contribution in [0.15, 0.2) is 54.6 Å². The van der Waals surface area contributed by atoms with Crippen molar-refractivity contribution >= 4 is 46.8 Å². The number of ether oxygens (including phenoxy) is 1. The minimum Gasteiger partial charge on any atom is -0.458 e. The number of esters is 1. The molecule has 1 aliphatic heterocycles. The Balaban J connectivity index is 0.000000241. The Bertz CT molecular complexity index is 2770. The minimum absolute atomic E-state index is 0.00231. The molecule has 17 nitrogen and oxygen atoms in total. The number of amides is 3. The van der Waals surface area contributed by atoms with E-state index in [9.17, 15) is 43.9 Å². The van der Waals surface area contributed by atoms with Crippen LogP contribution in [-0.4, -0.2) is 104 Å². The molecule has 0 bridgehead atoms. The summed E-state index contributed by atoms with van der Waals surface area (Å²) >= 11 is 5.85. The predicted octanol–water partition coefficient (Wildman–Crippen LogP) is 16.7. The Hall–Kier alpha value is -5.58. The largest absolute Gasteiger partial charge is 0.458 e. The topological polar surface area (TPSA) is 252 Å². The van der Waals surface area contributed by atoms with Crippen molar-refractivity contribution in [3.8, 4) is 6.07 Å². The van der Waals surface area contributed by atoms with Crippen LogP contribution in [0.25, 0.3) is 0 Å². The number of carbonyl (C=O) groups excluding carboxylic acids is 4. The third-order valence-corrected chi connectivity index (χ3v) is 20.5. The number of hydrogen-bond donors (Lipinski definition) is 4. The van der Waals surface area contributed by atoms with Crippen LogP contribution < -0.4 is 11.1 Å². The highest BCUT2D eigenvalue weighted by atomic mass is 35.5. The van der Waals surface area contributed by atoms with Crippen LogP contribution >= 0.6 is 11.6 Å². The Morgan fingerprint density at radius 3 is 1.40 bits per heavy atom. The molecule has 5 N–H and O–H groups in total. The molecular weight excluding hydrogens is 1210 g/mol. The number of benzene rings is 2. The molecule has 6 saturated carbocycles. The number of non-ortho nitro benzene ring substituents is 1. The second kappa shape index (κ2) is 39.6. The number of rotatable bonds is 20. The number of nitrogens with two attached hydrogens (primary N) is 1. The Kier molecular flexibility index (Phi) is 34.1. The van der Waals surface area contributed by atoms with Gasteiger partial charge in [0.15, 0.2) is 11.6 Å². The maximum absolute atomic E-state index is 13.9. The molecule has 2 aromatic carbocycles. The monoisotopic (exact) mass is 1330 g/mol. The van der Waals surface area contributed by atoms with Crippen molar-refractivity contribution in [2.45, 2.75) is 249 Å². The van der Waals surface area contributed by atoms with Gasteiger partial charge in [0.25, 0.3) is 17.5 Å². The van der Waals surface area contributed by atoms with Crippen LogP contribution in [0.5, 0.6) is 0 Å². The summed E-state index contributed by atoms with van der Waals surface area (Å²) in [5.41, 5.74) is 7.46. The van der Waals surface area contributed by atoms with Gasteiger partial charge in [0, 0.05) is 43.2 Å². The smallest absolute Gasteiger partial charge is 0.338 e. The van der Waals surface area contributed by atoms with Gasteiger partial charge in [-0.2, -0.15) is 5.26 Å².